The number of aliphatic carboxylic acids is 1. The first-order chi connectivity index (χ1) is 19.5. The molecular formula is C31H35O9P. The van der Waals surface area contributed by atoms with Crippen LogP contribution in [0.3, 0.4) is 0 Å². The maximum Gasteiger partial charge on any atom is 0.332 e. The quantitative estimate of drug-likeness (QED) is 0.123. The standard InChI is InChI=1S/C31H35O9P/c1-22-4-8-25(9-5-22)18-37-30(33)17-14-28(31(34)35)21-41(36,38-19-26-10-6-23(2)7-11-26)39-20-27-12-15-29(16-13-27)40-24(3)32/h4-13,15-16,28H,14,17-21H2,1-3H3,(H,34,35). The average Bonchev–Trinajstić information content (AvgIpc) is 2.94. The van der Waals surface area contributed by atoms with Gasteiger partial charge < -0.3 is 23.6 Å². The summed E-state index contributed by atoms with van der Waals surface area (Å²) < 4.78 is 35.6. The first kappa shape index (κ1) is 31.7. The molecule has 0 aliphatic carbocycles. The zero-order chi connectivity index (χ0) is 29.8. The van der Waals surface area contributed by atoms with Gasteiger partial charge in [0.15, 0.2) is 0 Å². The van der Waals surface area contributed by atoms with E-state index in [0.29, 0.717) is 11.3 Å². The summed E-state index contributed by atoms with van der Waals surface area (Å²) in [4.78, 5) is 35.6. The summed E-state index contributed by atoms with van der Waals surface area (Å²) in [6, 6.07) is 21.4. The number of aryl methyl sites for hydroxylation is 2. The smallest absolute Gasteiger partial charge is 0.332 e. The molecule has 0 aromatic heterocycles. The molecule has 3 aromatic carbocycles. The number of hydrogen-bond acceptors (Lipinski definition) is 8. The van der Waals surface area contributed by atoms with Crippen LogP contribution in [0.1, 0.15) is 47.6 Å². The Labute approximate surface area is 239 Å². The highest BCUT2D eigenvalue weighted by Gasteiger charge is 2.33. The zero-order valence-electron chi connectivity index (χ0n) is 23.4. The van der Waals surface area contributed by atoms with Crippen LogP contribution in [0.15, 0.2) is 72.8 Å². The van der Waals surface area contributed by atoms with Crippen LogP contribution in [-0.2, 0) is 52.6 Å². The molecule has 3 aromatic rings. The second-order valence-corrected chi connectivity index (χ2v) is 11.9. The summed E-state index contributed by atoms with van der Waals surface area (Å²) in [5, 5.41) is 9.86. The Kier molecular flexibility index (Phi) is 11.8. The summed E-state index contributed by atoms with van der Waals surface area (Å²) >= 11 is 0. The molecule has 3 rings (SSSR count). The van der Waals surface area contributed by atoms with E-state index in [9.17, 15) is 24.1 Å². The van der Waals surface area contributed by atoms with E-state index in [1.165, 1.54) is 6.92 Å². The minimum atomic E-state index is -3.95. The lowest BCUT2D eigenvalue weighted by molar-refractivity contribution is -0.146. The summed E-state index contributed by atoms with van der Waals surface area (Å²) in [6.45, 7) is 5.09. The van der Waals surface area contributed by atoms with Crippen LogP contribution in [-0.4, -0.2) is 29.2 Å². The number of carbonyl (C=O) groups is 3. The Hall–Kier alpha value is -3.78. The first-order valence-electron chi connectivity index (χ1n) is 13.2. The van der Waals surface area contributed by atoms with E-state index in [-0.39, 0.29) is 32.7 Å². The molecule has 2 unspecified atom stereocenters. The molecule has 0 saturated carbocycles. The van der Waals surface area contributed by atoms with Crippen molar-refractivity contribution >= 4 is 25.5 Å². The minimum Gasteiger partial charge on any atom is -0.481 e. The fourth-order valence-corrected chi connectivity index (χ4v) is 5.62. The van der Waals surface area contributed by atoms with E-state index in [0.717, 1.165) is 22.3 Å². The van der Waals surface area contributed by atoms with Gasteiger partial charge >= 0.3 is 25.5 Å². The van der Waals surface area contributed by atoms with Crippen LogP contribution in [0, 0.1) is 19.8 Å². The number of benzene rings is 3. The lowest BCUT2D eigenvalue weighted by Gasteiger charge is -2.22. The topological polar surface area (TPSA) is 125 Å². The van der Waals surface area contributed by atoms with E-state index >= 15 is 0 Å². The second kappa shape index (κ2) is 15.3. The van der Waals surface area contributed by atoms with Gasteiger partial charge in [-0.25, -0.2) is 0 Å². The number of esters is 2. The SMILES string of the molecule is CC(=O)Oc1ccc(COP(=O)(CC(CCC(=O)OCc2ccc(C)cc2)C(=O)O)OCc2ccc(C)cc2)cc1. The minimum absolute atomic E-state index is 0.0477. The molecule has 0 spiro atoms. The fourth-order valence-electron chi connectivity index (χ4n) is 3.77. The number of carboxylic acids is 1. The summed E-state index contributed by atoms with van der Waals surface area (Å²) in [5.41, 5.74) is 4.32. The van der Waals surface area contributed by atoms with Gasteiger partial charge in [0, 0.05) is 13.3 Å². The van der Waals surface area contributed by atoms with Gasteiger partial charge in [-0.3, -0.25) is 18.9 Å². The highest BCUT2D eigenvalue weighted by molar-refractivity contribution is 7.53. The Morgan fingerprint density at radius 3 is 1.68 bits per heavy atom. The summed E-state index contributed by atoms with van der Waals surface area (Å²) in [5.74, 6) is -3.05. The number of carbonyl (C=O) groups excluding carboxylic acids is 2. The zero-order valence-corrected chi connectivity index (χ0v) is 24.3. The van der Waals surface area contributed by atoms with Crippen molar-refractivity contribution in [2.45, 2.75) is 53.4 Å². The Bertz CT molecular complexity index is 1350. The first-order valence-corrected chi connectivity index (χ1v) is 14.9. The van der Waals surface area contributed by atoms with Gasteiger partial charge in [0.2, 0.25) is 0 Å². The Morgan fingerprint density at radius 1 is 0.756 bits per heavy atom. The van der Waals surface area contributed by atoms with Gasteiger partial charge in [-0.1, -0.05) is 71.8 Å². The third kappa shape index (κ3) is 11.3. The monoisotopic (exact) mass is 582 g/mol. The number of rotatable bonds is 15. The van der Waals surface area contributed by atoms with Crippen LogP contribution >= 0.6 is 7.60 Å². The molecule has 0 fully saturated rings. The molecule has 1 N–H and O–H groups in total. The van der Waals surface area contributed by atoms with Crippen molar-refractivity contribution in [3.63, 3.8) is 0 Å². The van der Waals surface area contributed by atoms with Crippen molar-refractivity contribution in [3.8, 4) is 5.75 Å². The molecule has 0 radical (unpaired) electrons. The number of ether oxygens (including phenoxy) is 2. The third-order valence-electron chi connectivity index (χ3n) is 6.17. The number of carboxylic acid groups (broad SMARTS) is 1. The van der Waals surface area contributed by atoms with Gasteiger partial charge in [0.1, 0.15) is 12.4 Å². The molecule has 41 heavy (non-hydrogen) atoms. The lowest BCUT2D eigenvalue weighted by atomic mass is 10.1. The molecule has 0 aliphatic rings. The predicted octanol–water partition coefficient (Wildman–Crippen LogP) is 6.38. The van der Waals surface area contributed by atoms with Crippen LogP contribution in [0.2, 0.25) is 0 Å². The van der Waals surface area contributed by atoms with Gasteiger partial charge in [0.05, 0.1) is 25.3 Å². The molecule has 9 nitrogen and oxygen atoms in total. The molecule has 2 atom stereocenters. The maximum atomic E-state index is 13.8. The van der Waals surface area contributed by atoms with E-state index in [4.69, 9.17) is 18.5 Å². The summed E-state index contributed by atoms with van der Waals surface area (Å²) in [6.07, 6.45) is -0.691. The number of hydrogen-bond donors (Lipinski definition) is 1. The maximum absolute atomic E-state index is 13.8. The van der Waals surface area contributed by atoms with Crippen LogP contribution < -0.4 is 4.74 Å². The van der Waals surface area contributed by atoms with Gasteiger partial charge in [-0.2, -0.15) is 0 Å². The molecule has 10 heteroatoms. The summed E-state index contributed by atoms with van der Waals surface area (Å²) in [7, 11) is -3.95. The highest BCUT2D eigenvalue weighted by Crippen LogP contribution is 2.52. The van der Waals surface area contributed by atoms with E-state index < -0.39 is 37.6 Å². The molecule has 218 valence electrons. The molecule has 0 saturated heterocycles. The van der Waals surface area contributed by atoms with E-state index in [1.807, 2.05) is 62.4 Å². The lowest BCUT2D eigenvalue weighted by Crippen LogP contribution is -2.21. The Balaban J connectivity index is 1.65. The fraction of sp³-hybridized carbons (Fsp3) is 0.323. The van der Waals surface area contributed by atoms with Crippen molar-refractivity contribution in [1.29, 1.82) is 0 Å². The second-order valence-electron chi connectivity index (χ2n) is 9.78. The third-order valence-corrected chi connectivity index (χ3v) is 8.10. The van der Waals surface area contributed by atoms with Gasteiger partial charge in [0.25, 0.3) is 0 Å². The van der Waals surface area contributed by atoms with E-state index in [1.54, 1.807) is 24.3 Å². The van der Waals surface area contributed by atoms with Crippen LogP contribution in [0.25, 0.3) is 0 Å². The molecule has 0 bridgehead atoms. The van der Waals surface area contributed by atoms with Crippen LogP contribution in [0.4, 0.5) is 0 Å². The van der Waals surface area contributed by atoms with Crippen molar-refractivity contribution in [2.24, 2.45) is 5.92 Å². The van der Waals surface area contributed by atoms with Crippen molar-refractivity contribution < 1.29 is 42.6 Å². The largest absolute Gasteiger partial charge is 0.481 e. The normalized spacial score (nSPS) is 13.1. The molecule has 0 amide bonds. The highest BCUT2D eigenvalue weighted by atomic mass is 31.2. The van der Waals surface area contributed by atoms with Gasteiger partial charge in [-0.05, 0) is 49.1 Å². The van der Waals surface area contributed by atoms with Gasteiger partial charge in [-0.15, -0.1) is 0 Å². The predicted molar refractivity (Wildman–Crippen MR) is 152 cm³/mol. The van der Waals surface area contributed by atoms with Crippen molar-refractivity contribution in [1.82, 2.24) is 0 Å². The molecular weight excluding hydrogens is 547 g/mol. The molecule has 0 aliphatic heterocycles. The average molecular weight is 583 g/mol. The Morgan fingerprint density at radius 2 is 1.22 bits per heavy atom. The van der Waals surface area contributed by atoms with E-state index in [2.05, 4.69) is 0 Å². The van der Waals surface area contributed by atoms with Crippen molar-refractivity contribution in [3.05, 3.63) is 101 Å². The van der Waals surface area contributed by atoms with Crippen LogP contribution in [0.5, 0.6) is 5.75 Å². The molecule has 0 heterocycles. The van der Waals surface area contributed by atoms with Crippen molar-refractivity contribution in [2.75, 3.05) is 6.16 Å².